The number of methoxy groups -OCH3 is 1. The van der Waals surface area contributed by atoms with Gasteiger partial charge in [0.05, 0.1) is 13.3 Å². The van der Waals surface area contributed by atoms with E-state index in [1.54, 1.807) is 13.3 Å². The molecule has 2 aromatic rings. The van der Waals surface area contributed by atoms with E-state index < -0.39 is 0 Å². The number of H-pyrrole nitrogens is 1. The lowest BCUT2D eigenvalue weighted by Crippen LogP contribution is -2.20. The first kappa shape index (κ1) is 14.3. The van der Waals surface area contributed by atoms with Crippen molar-refractivity contribution in [3.05, 3.63) is 46.8 Å². The van der Waals surface area contributed by atoms with Crippen LogP contribution in [0.25, 0.3) is 0 Å². The molecule has 0 aliphatic heterocycles. The van der Waals surface area contributed by atoms with E-state index in [2.05, 4.69) is 20.7 Å². The first-order chi connectivity index (χ1) is 10.8. The van der Waals surface area contributed by atoms with Crippen LogP contribution in [0.5, 0.6) is 5.75 Å². The van der Waals surface area contributed by atoms with E-state index in [-0.39, 0.29) is 5.91 Å². The van der Waals surface area contributed by atoms with Crippen LogP contribution in [-0.4, -0.2) is 29.4 Å². The highest BCUT2D eigenvalue weighted by molar-refractivity contribution is 5.94. The summed E-state index contributed by atoms with van der Waals surface area (Å²) in [4.78, 5) is 12.2. The first-order valence-electron chi connectivity index (χ1n) is 7.31. The zero-order chi connectivity index (χ0) is 15.4. The Morgan fingerprint density at radius 1 is 1.41 bits per heavy atom. The fraction of sp³-hybridized carbons (Fsp3) is 0.312. The fourth-order valence-electron chi connectivity index (χ4n) is 2.61. The minimum Gasteiger partial charge on any atom is -0.497 e. The summed E-state index contributed by atoms with van der Waals surface area (Å²) in [5.41, 5.74) is 5.94. The van der Waals surface area contributed by atoms with Crippen LogP contribution in [0.3, 0.4) is 0 Å². The number of aromatic amines is 1. The molecule has 22 heavy (non-hydrogen) atoms. The number of hydrogen-bond acceptors (Lipinski definition) is 4. The molecule has 1 heterocycles. The van der Waals surface area contributed by atoms with Gasteiger partial charge in [-0.15, -0.1) is 0 Å². The second kappa shape index (κ2) is 6.43. The Morgan fingerprint density at radius 3 is 3.14 bits per heavy atom. The number of rotatable bonds is 4. The minimum absolute atomic E-state index is 0.279. The van der Waals surface area contributed by atoms with Crippen molar-refractivity contribution in [3.8, 4) is 5.75 Å². The van der Waals surface area contributed by atoms with Crippen LogP contribution >= 0.6 is 0 Å². The average molecular weight is 298 g/mol. The molecule has 114 valence electrons. The fourth-order valence-corrected chi connectivity index (χ4v) is 2.61. The molecule has 1 aliphatic carbocycles. The Kier molecular flexibility index (Phi) is 4.18. The number of fused-ring (bicyclic) bond motifs is 1. The van der Waals surface area contributed by atoms with Gasteiger partial charge in [0.15, 0.2) is 5.69 Å². The summed E-state index contributed by atoms with van der Waals surface area (Å²) in [5.74, 6) is 0.468. The largest absolute Gasteiger partial charge is 0.497 e. The molecule has 1 aromatic carbocycles. The number of amides is 1. The zero-order valence-electron chi connectivity index (χ0n) is 12.4. The zero-order valence-corrected chi connectivity index (χ0v) is 12.4. The van der Waals surface area contributed by atoms with Gasteiger partial charge in [-0.1, -0.05) is 12.1 Å². The molecule has 0 unspecified atom stereocenters. The normalized spacial score (nSPS) is 13.9. The standard InChI is InChI=1S/C16H18N4O2/c1-22-12-6-4-5-11(9-12)10-17-20-16(21)15-13-7-2-3-8-14(13)18-19-15/h4-6,9-10H,2-3,7-8H2,1H3,(H,18,19)(H,20,21)/b17-10-. The lowest BCUT2D eigenvalue weighted by atomic mass is 9.96. The van der Waals surface area contributed by atoms with E-state index in [1.807, 2.05) is 24.3 Å². The van der Waals surface area contributed by atoms with Gasteiger partial charge in [-0.25, -0.2) is 5.43 Å². The highest BCUT2D eigenvalue weighted by Gasteiger charge is 2.21. The topological polar surface area (TPSA) is 79.4 Å². The highest BCUT2D eigenvalue weighted by atomic mass is 16.5. The summed E-state index contributed by atoms with van der Waals surface area (Å²) in [6.45, 7) is 0. The van der Waals surface area contributed by atoms with Gasteiger partial charge in [0, 0.05) is 11.3 Å². The van der Waals surface area contributed by atoms with Crippen LogP contribution in [0, 0.1) is 0 Å². The number of nitrogens with zero attached hydrogens (tertiary/aromatic N) is 2. The molecular weight excluding hydrogens is 280 g/mol. The summed E-state index contributed by atoms with van der Waals surface area (Å²) in [6.07, 6.45) is 5.68. The molecule has 0 saturated heterocycles. The number of aromatic nitrogens is 2. The van der Waals surface area contributed by atoms with Crippen LogP contribution in [-0.2, 0) is 12.8 Å². The molecule has 0 saturated carbocycles. The van der Waals surface area contributed by atoms with Crippen molar-refractivity contribution >= 4 is 12.1 Å². The monoisotopic (exact) mass is 298 g/mol. The van der Waals surface area contributed by atoms with Crippen molar-refractivity contribution in [2.24, 2.45) is 5.10 Å². The van der Waals surface area contributed by atoms with Crippen LogP contribution < -0.4 is 10.2 Å². The van der Waals surface area contributed by atoms with Gasteiger partial charge in [0.2, 0.25) is 0 Å². The number of aryl methyl sites for hydroxylation is 1. The van der Waals surface area contributed by atoms with Gasteiger partial charge < -0.3 is 4.74 Å². The molecule has 0 spiro atoms. The smallest absolute Gasteiger partial charge is 0.292 e. The third kappa shape index (κ3) is 3.00. The average Bonchev–Trinajstić information content (AvgIpc) is 2.99. The van der Waals surface area contributed by atoms with E-state index in [1.165, 1.54) is 0 Å². The first-order valence-corrected chi connectivity index (χ1v) is 7.31. The van der Waals surface area contributed by atoms with Crippen molar-refractivity contribution < 1.29 is 9.53 Å². The summed E-state index contributed by atoms with van der Waals surface area (Å²) in [6, 6.07) is 7.44. The van der Waals surface area contributed by atoms with Gasteiger partial charge in [0.25, 0.3) is 5.91 Å². The predicted molar refractivity (Wildman–Crippen MR) is 83.3 cm³/mol. The van der Waals surface area contributed by atoms with Crippen LogP contribution in [0.2, 0.25) is 0 Å². The number of ether oxygens (including phenoxy) is 1. The van der Waals surface area contributed by atoms with Crippen molar-refractivity contribution in [2.45, 2.75) is 25.7 Å². The Labute approximate surface area is 128 Å². The van der Waals surface area contributed by atoms with E-state index >= 15 is 0 Å². The minimum atomic E-state index is -0.279. The molecule has 0 bridgehead atoms. The molecule has 0 atom stereocenters. The number of nitrogens with one attached hydrogen (secondary N) is 2. The second-order valence-corrected chi connectivity index (χ2v) is 5.21. The molecule has 6 nitrogen and oxygen atoms in total. The maximum atomic E-state index is 12.2. The third-order valence-electron chi connectivity index (χ3n) is 3.74. The van der Waals surface area contributed by atoms with Gasteiger partial charge >= 0.3 is 0 Å². The Bertz CT molecular complexity index is 706. The summed E-state index contributed by atoms with van der Waals surface area (Å²) < 4.78 is 5.14. The van der Waals surface area contributed by atoms with Crippen molar-refractivity contribution in [1.82, 2.24) is 15.6 Å². The number of carbonyl (C=O) groups is 1. The molecule has 6 heteroatoms. The summed E-state index contributed by atoms with van der Waals surface area (Å²) in [7, 11) is 1.61. The third-order valence-corrected chi connectivity index (χ3v) is 3.74. The summed E-state index contributed by atoms with van der Waals surface area (Å²) in [5, 5.41) is 11.1. The van der Waals surface area contributed by atoms with E-state index in [0.29, 0.717) is 5.69 Å². The van der Waals surface area contributed by atoms with Crippen LogP contribution in [0.1, 0.15) is 40.2 Å². The van der Waals surface area contributed by atoms with Crippen LogP contribution in [0.15, 0.2) is 29.4 Å². The van der Waals surface area contributed by atoms with Crippen molar-refractivity contribution in [2.75, 3.05) is 7.11 Å². The van der Waals surface area contributed by atoms with E-state index in [0.717, 1.165) is 48.3 Å². The number of benzene rings is 1. The Balaban J connectivity index is 1.67. The van der Waals surface area contributed by atoms with Crippen molar-refractivity contribution in [1.29, 1.82) is 0 Å². The lowest BCUT2D eigenvalue weighted by Gasteiger charge is -2.10. The van der Waals surface area contributed by atoms with Gasteiger partial charge in [-0.05, 0) is 43.4 Å². The number of hydrogen-bond donors (Lipinski definition) is 2. The second-order valence-electron chi connectivity index (χ2n) is 5.21. The Morgan fingerprint density at radius 2 is 2.27 bits per heavy atom. The Hall–Kier alpha value is -2.63. The number of carbonyl (C=O) groups excluding carboxylic acids is 1. The van der Waals surface area contributed by atoms with Crippen molar-refractivity contribution in [3.63, 3.8) is 0 Å². The molecule has 3 rings (SSSR count). The van der Waals surface area contributed by atoms with Crippen LogP contribution in [0.4, 0.5) is 0 Å². The predicted octanol–water partition coefficient (Wildman–Crippen LogP) is 2.06. The van der Waals surface area contributed by atoms with E-state index in [4.69, 9.17) is 4.74 Å². The molecule has 0 fully saturated rings. The maximum absolute atomic E-state index is 12.2. The molecule has 1 aliphatic rings. The van der Waals surface area contributed by atoms with Gasteiger partial charge in [-0.3, -0.25) is 9.89 Å². The lowest BCUT2D eigenvalue weighted by molar-refractivity contribution is 0.0949. The van der Waals surface area contributed by atoms with Gasteiger partial charge in [0.1, 0.15) is 5.75 Å². The molecular formula is C16H18N4O2. The molecule has 0 radical (unpaired) electrons. The number of hydrazone groups is 1. The molecule has 1 amide bonds. The highest BCUT2D eigenvalue weighted by Crippen LogP contribution is 2.21. The summed E-state index contributed by atoms with van der Waals surface area (Å²) >= 11 is 0. The molecule has 2 N–H and O–H groups in total. The van der Waals surface area contributed by atoms with Gasteiger partial charge in [-0.2, -0.15) is 10.2 Å². The van der Waals surface area contributed by atoms with E-state index in [9.17, 15) is 4.79 Å². The SMILES string of the molecule is COc1cccc(/C=N\NC(=O)c2n[nH]c3c2CCCC3)c1. The quantitative estimate of drug-likeness (QED) is 0.670. The maximum Gasteiger partial charge on any atom is 0.292 e. The molecule has 1 aromatic heterocycles.